The van der Waals surface area contributed by atoms with Crippen LogP contribution in [0.2, 0.25) is 15.1 Å². The molecule has 0 atom stereocenters. The first kappa shape index (κ1) is 21.4. The molecule has 0 unspecified atom stereocenters. The summed E-state index contributed by atoms with van der Waals surface area (Å²) in [5.74, 6) is -0.581. The normalized spacial score (nSPS) is 14.7. The van der Waals surface area contributed by atoms with Crippen molar-refractivity contribution in [3.8, 4) is 0 Å². The first-order chi connectivity index (χ1) is 13.1. The van der Waals surface area contributed by atoms with Crippen LogP contribution < -0.4 is 0 Å². The van der Waals surface area contributed by atoms with E-state index >= 15 is 0 Å². The minimum Gasteiger partial charge on any atom is -0.458 e. The van der Waals surface area contributed by atoms with Crippen LogP contribution in [0.15, 0.2) is 27.7 Å². The Morgan fingerprint density at radius 2 is 1.89 bits per heavy atom. The monoisotopic (exact) mass is 466 g/mol. The number of sulfonamides is 1. The van der Waals surface area contributed by atoms with Crippen LogP contribution in [0.4, 0.5) is 0 Å². The standard InChI is InChI=1S/C17H17Cl3N2O5S/c1-9(2)27-17(23)14-8-26-15(21-14)7-22(11-3-4-11)28(24,25)16-12(19)5-10(18)6-13(16)20/h5-6,8-9,11H,3-4,7H2,1-2H3. The fourth-order valence-electron chi connectivity index (χ4n) is 2.55. The van der Waals surface area contributed by atoms with Gasteiger partial charge in [0, 0.05) is 11.1 Å². The number of hydrogen-bond donors (Lipinski definition) is 0. The van der Waals surface area contributed by atoms with Gasteiger partial charge in [0.15, 0.2) is 5.69 Å². The average Bonchev–Trinajstić information content (AvgIpc) is 3.27. The molecule has 0 spiro atoms. The zero-order chi connectivity index (χ0) is 20.6. The molecule has 0 radical (unpaired) electrons. The summed E-state index contributed by atoms with van der Waals surface area (Å²) in [5.41, 5.74) is -0.0283. The fourth-order valence-corrected chi connectivity index (χ4v) is 5.68. The maximum Gasteiger partial charge on any atom is 0.360 e. The maximum absolute atomic E-state index is 13.2. The molecule has 1 heterocycles. The Hall–Kier alpha value is -1.32. The fraction of sp³-hybridized carbons (Fsp3) is 0.412. The predicted octanol–water partition coefficient (Wildman–Crippen LogP) is 4.55. The van der Waals surface area contributed by atoms with E-state index in [0.29, 0.717) is 12.8 Å². The number of benzene rings is 1. The highest BCUT2D eigenvalue weighted by molar-refractivity contribution is 7.89. The van der Waals surface area contributed by atoms with Crippen molar-refractivity contribution in [1.82, 2.24) is 9.29 Å². The lowest BCUT2D eigenvalue weighted by atomic mass is 10.4. The molecule has 0 N–H and O–H groups in total. The van der Waals surface area contributed by atoms with E-state index in [2.05, 4.69) is 4.98 Å². The third kappa shape index (κ3) is 4.63. The summed E-state index contributed by atoms with van der Waals surface area (Å²) < 4.78 is 38.0. The van der Waals surface area contributed by atoms with Crippen molar-refractivity contribution >= 4 is 50.8 Å². The van der Waals surface area contributed by atoms with Gasteiger partial charge in [0.25, 0.3) is 0 Å². The summed E-state index contributed by atoms with van der Waals surface area (Å²) in [5, 5.41) is 0.0847. The highest BCUT2D eigenvalue weighted by Gasteiger charge is 2.41. The molecule has 0 saturated heterocycles. The summed E-state index contributed by atoms with van der Waals surface area (Å²) in [4.78, 5) is 15.7. The van der Waals surface area contributed by atoms with E-state index in [9.17, 15) is 13.2 Å². The molecule has 1 fully saturated rings. The van der Waals surface area contributed by atoms with Gasteiger partial charge in [-0.1, -0.05) is 34.8 Å². The maximum atomic E-state index is 13.2. The summed E-state index contributed by atoms with van der Waals surface area (Å²) >= 11 is 18.1. The molecule has 7 nitrogen and oxygen atoms in total. The second-order valence-corrected chi connectivity index (χ2v) is 9.64. The molecule has 3 rings (SSSR count). The number of nitrogens with zero attached hydrogens (tertiary/aromatic N) is 2. The zero-order valence-electron chi connectivity index (χ0n) is 15.0. The van der Waals surface area contributed by atoms with Gasteiger partial charge in [0.1, 0.15) is 11.2 Å². The molecule has 1 aromatic heterocycles. The second-order valence-electron chi connectivity index (χ2n) is 6.56. The summed E-state index contributed by atoms with van der Waals surface area (Å²) in [6.45, 7) is 3.25. The molecular weight excluding hydrogens is 451 g/mol. The van der Waals surface area contributed by atoms with E-state index in [0.717, 1.165) is 6.26 Å². The van der Waals surface area contributed by atoms with Gasteiger partial charge in [0.05, 0.1) is 22.7 Å². The molecule has 0 bridgehead atoms. The molecule has 0 amide bonds. The Balaban J connectivity index is 1.89. The number of carbonyl (C=O) groups excluding carboxylic acids is 1. The molecule has 152 valence electrons. The van der Waals surface area contributed by atoms with Crippen molar-refractivity contribution in [2.75, 3.05) is 0 Å². The Labute approximate surface area is 177 Å². The van der Waals surface area contributed by atoms with E-state index in [4.69, 9.17) is 44.0 Å². The van der Waals surface area contributed by atoms with Gasteiger partial charge in [-0.2, -0.15) is 4.31 Å². The number of oxazole rings is 1. The molecule has 1 aliphatic rings. The van der Waals surface area contributed by atoms with Gasteiger partial charge in [-0.25, -0.2) is 18.2 Å². The van der Waals surface area contributed by atoms with Gasteiger partial charge in [-0.3, -0.25) is 0 Å². The molecule has 1 aromatic carbocycles. The summed E-state index contributed by atoms with van der Waals surface area (Å²) in [6.07, 6.45) is 2.20. The van der Waals surface area contributed by atoms with Crippen molar-refractivity contribution in [2.24, 2.45) is 0 Å². The number of aromatic nitrogens is 1. The quantitative estimate of drug-likeness (QED) is 0.555. The van der Waals surface area contributed by atoms with Crippen LogP contribution in [0.5, 0.6) is 0 Å². The largest absolute Gasteiger partial charge is 0.458 e. The van der Waals surface area contributed by atoms with E-state index in [-0.39, 0.29) is 50.2 Å². The van der Waals surface area contributed by atoms with Crippen LogP contribution in [0, 0.1) is 0 Å². The molecule has 1 aliphatic carbocycles. The zero-order valence-corrected chi connectivity index (χ0v) is 18.1. The topological polar surface area (TPSA) is 89.7 Å². The number of rotatable bonds is 7. The number of ether oxygens (including phenoxy) is 1. The molecule has 28 heavy (non-hydrogen) atoms. The molecule has 1 saturated carbocycles. The van der Waals surface area contributed by atoms with Crippen LogP contribution >= 0.6 is 34.8 Å². The van der Waals surface area contributed by atoms with E-state index in [1.807, 2.05) is 0 Å². The Bertz CT molecular complexity index is 979. The second kappa shape index (κ2) is 8.20. The Morgan fingerprint density at radius 3 is 2.43 bits per heavy atom. The highest BCUT2D eigenvalue weighted by atomic mass is 35.5. The number of hydrogen-bond acceptors (Lipinski definition) is 6. The molecule has 11 heteroatoms. The van der Waals surface area contributed by atoms with Gasteiger partial charge in [0.2, 0.25) is 15.9 Å². The van der Waals surface area contributed by atoms with Crippen LogP contribution in [-0.2, 0) is 21.3 Å². The Morgan fingerprint density at radius 1 is 1.29 bits per heavy atom. The summed E-state index contributed by atoms with van der Waals surface area (Å²) in [7, 11) is -4.05. The predicted molar refractivity (Wildman–Crippen MR) is 104 cm³/mol. The van der Waals surface area contributed by atoms with Crippen molar-refractivity contribution in [3.05, 3.63) is 45.0 Å². The van der Waals surface area contributed by atoms with E-state index in [1.54, 1.807) is 13.8 Å². The first-order valence-corrected chi connectivity index (χ1v) is 11.0. The molecule has 0 aliphatic heterocycles. The van der Waals surface area contributed by atoms with Gasteiger partial charge < -0.3 is 9.15 Å². The van der Waals surface area contributed by atoms with Gasteiger partial charge >= 0.3 is 5.97 Å². The van der Waals surface area contributed by atoms with Crippen molar-refractivity contribution in [2.45, 2.75) is 50.3 Å². The lowest BCUT2D eigenvalue weighted by molar-refractivity contribution is 0.0370. The highest BCUT2D eigenvalue weighted by Crippen LogP contribution is 2.39. The third-order valence-corrected chi connectivity index (χ3v) is 6.92. The van der Waals surface area contributed by atoms with Gasteiger partial charge in [-0.15, -0.1) is 0 Å². The van der Waals surface area contributed by atoms with Gasteiger partial charge in [-0.05, 0) is 38.8 Å². The van der Waals surface area contributed by atoms with E-state index < -0.39 is 16.0 Å². The Kier molecular flexibility index (Phi) is 6.26. The minimum absolute atomic E-state index is 0.0283. The number of esters is 1. The van der Waals surface area contributed by atoms with Crippen molar-refractivity contribution in [3.63, 3.8) is 0 Å². The minimum atomic E-state index is -4.05. The third-order valence-electron chi connectivity index (χ3n) is 3.88. The average molecular weight is 468 g/mol. The van der Waals surface area contributed by atoms with Crippen molar-refractivity contribution < 1.29 is 22.4 Å². The number of halogens is 3. The van der Waals surface area contributed by atoms with Crippen LogP contribution in [0.25, 0.3) is 0 Å². The number of carbonyl (C=O) groups is 1. The first-order valence-electron chi connectivity index (χ1n) is 8.41. The lowest BCUT2D eigenvalue weighted by Crippen LogP contribution is -2.33. The van der Waals surface area contributed by atoms with Crippen LogP contribution in [0.3, 0.4) is 0 Å². The summed E-state index contributed by atoms with van der Waals surface area (Å²) in [6, 6.07) is 2.40. The van der Waals surface area contributed by atoms with Crippen molar-refractivity contribution in [1.29, 1.82) is 0 Å². The van der Waals surface area contributed by atoms with Crippen LogP contribution in [-0.4, -0.2) is 35.8 Å². The van der Waals surface area contributed by atoms with Crippen LogP contribution in [0.1, 0.15) is 43.1 Å². The molecular formula is C17H17Cl3N2O5S. The lowest BCUT2D eigenvalue weighted by Gasteiger charge is -2.21. The SMILES string of the molecule is CC(C)OC(=O)c1coc(CN(C2CC2)S(=O)(=O)c2c(Cl)cc(Cl)cc2Cl)n1. The van der Waals surface area contributed by atoms with E-state index in [1.165, 1.54) is 16.4 Å². The smallest absolute Gasteiger partial charge is 0.360 e. The molecule has 2 aromatic rings.